The largest absolute Gasteiger partial charge is 0.346 e. The van der Waals surface area contributed by atoms with Crippen LogP contribution in [0.4, 0.5) is 5.13 Å². The van der Waals surface area contributed by atoms with E-state index < -0.39 is 0 Å². The van der Waals surface area contributed by atoms with E-state index in [1.807, 2.05) is 26.1 Å². The highest BCUT2D eigenvalue weighted by atomic mass is 32.1. The van der Waals surface area contributed by atoms with Crippen LogP contribution in [0.5, 0.6) is 0 Å². The van der Waals surface area contributed by atoms with Gasteiger partial charge in [-0.1, -0.05) is 24.3 Å². The molecule has 2 rings (SSSR count). The summed E-state index contributed by atoms with van der Waals surface area (Å²) in [5, 5.41) is 0.939. The quantitative estimate of drug-likeness (QED) is 0.898. The molecule has 0 aliphatic carbocycles. The van der Waals surface area contributed by atoms with E-state index in [2.05, 4.69) is 26.4 Å². The van der Waals surface area contributed by atoms with Crippen LogP contribution in [0.15, 0.2) is 24.3 Å². The van der Waals surface area contributed by atoms with Crippen molar-refractivity contribution in [1.82, 2.24) is 9.36 Å². The Bertz CT molecular complexity index is 495. The van der Waals surface area contributed by atoms with E-state index in [4.69, 9.17) is 5.73 Å². The second-order valence-corrected chi connectivity index (χ2v) is 4.68. The first-order chi connectivity index (χ1) is 8.20. The van der Waals surface area contributed by atoms with E-state index in [1.165, 1.54) is 22.7 Å². The number of nitrogens with zero attached hydrogens (tertiary/aromatic N) is 3. The highest BCUT2D eigenvalue weighted by molar-refractivity contribution is 7.09. The van der Waals surface area contributed by atoms with Gasteiger partial charge in [-0.2, -0.15) is 4.37 Å². The van der Waals surface area contributed by atoms with Crippen LogP contribution in [0.25, 0.3) is 0 Å². The number of aromatic nitrogens is 2. The van der Waals surface area contributed by atoms with Crippen LogP contribution in [0, 0.1) is 6.92 Å². The molecule has 2 aromatic rings. The molecule has 0 amide bonds. The normalized spacial score (nSPS) is 10.5. The number of hydrogen-bond donors (Lipinski definition) is 1. The zero-order chi connectivity index (χ0) is 12.3. The fourth-order valence-corrected chi connectivity index (χ4v) is 2.31. The van der Waals surface area contributed by atoms with E-state index >= 15 is 0 Å². The predicted molar refractivity (Wildman–Crippen MR) is 71.1 cm³/mol. The molecule has 0 fully saturated rings. The van der Waals surface area contributed by atoms with Gasteiger partial charge in [0.1, 0.15) is 5.82 Å². The SMILES string of the molecule is Cc1nsc(N(C)Cc2ccccc2CN)n1. The van der Waals surface area contributed by atoms with E-state index in [0.717, 1.165) is 17.5 Å². The van der Waals surface area contributed by atoms with Gasteiger partial charge in [0.2, 0.25) is 5.13 Å². The van der Waals surface area contributed by atoms with Crippen molar-refractivity contribution < 1.29 is 0 Å². The van der Waals surface area contributed by atoms with Gasteiger partial charge in [0.25, 0.3) is 0 Å². The lowest BCUT2D eigenvalue weighted by molar-refractivity contribution is 0.885. The van der Waals surface area contributed by atoms with Crippen LogP contribution in [-0.4, -0.2) is 16.4 Å². The fraction of sp³-hybridized carbons (Fsp3) is 0.333. The van der Waals surface area contributed by atoms with Crippen LogP contribution in [0.3, 0.4) is 0 Å². The number of benzene rings is 1. The second kappa shape index (κ2) is 5.25. The Morgan fingerprint density at radius 2 is 2.00 bits per heavy atom. The Kier molecular flexibility index (Phi) is 3.71. The Morgan fingerprint density at radius 1 is 1.29 bits per heavy atom. The van der Waals surface area contributed by atoms with Gasteiger partial charge in [-0.05, 0) is 18.1 Å². The molecule has 5 heteroatoms. The zero-order valence-electron chi connectivity index (χ0n) is 10.1. The highest BCUT2D eigenvalue weighted by Crippen LogP contribution is 2.19. The maximum absolute atomic E-state index is 5.73. The minimum absolute atomic E-state index is 0.569. The molecular formula is C12H16N4S. The Morgan fingerprint density at radius 3 is 2.59 bits per heavy atom. The smallest absolute Gasteiger partial charge is 0.205 e. The van der Waals surface area contributed by atoms with Gasteiger partial charge in [0.05, 0.1) is 0 Å². The average molecular weight is 248 g/mol. The van der Waals surface area contributed by atoms with Crippen LogP contribution in [0.1, 0.15) is 17.0 Å². The predicted octanol–water partition coefficient (Wildman–Crippen LogP) is 1.94. The van der Waals surface area contributed by atoms with Crippen LogP contribution < -0.4 is 10.6 Å². The summed E-state index contributed by atoms with van der Waals surface area (Å²) in [6.45, 7) is 3.28. The number of aryl methyl sites for hydroxylation is 1. The van der Waals surface area contributed by atoms with Gasteiger partial charge in [-0.3, -0.25) is 0 Å². The van der Waals surface area contributed by atoms with Crippen molar-refractivity contribution in [1.29, 1.82) is 0 Å². The molecule has 1 aromatic heterocycles. The minimum atomic E-state index is 0.569. The standard InChI is InChI=1S/C12H16N4S/c1-9-14-12(17-15-9)16(2)8-11-6-4-3-5-10(11)7-13/h3-6H,7-8,13H2,1-2H3. The molecule has 0 saturated carbocycles. The monoisotopic (exact) mass is 248 g/mol. The molecule has 0 radical (unpaired) electrons. The van der Waals surface area contributed by atoms with Gasteiger partial charge in [-0.25, -0.2) is 4.98 Å². The van der Waals surface area contributed by atoms with Crippen molar-refractivity contribution in [3.8, 4) is 0 Å². The number of rotatable bonds is 4. The molecule has 1 aromatic carbocycles. The highest BCUT2D eigenvalue weighted by Gasteiger charge is 2.08. The maximum atomic E-state index is 5.73. The van der Waals surface area contributed by atoms with Crippen LogP contribution >= 0.6 is 11.5 Å². The van der Waals surface area contributed by atoms with Crippen molar-refractivity contribution in [3.05, 3.63) is 41.2 Å². The summed E-state index contributed by atoms with van der Waals surface area (Å²) >= 11 is 1.42. The van der Waals surface area contributed by atoms with Crippen molar-refractivity contribution in [3.63, 3.8) is 0 Å². The molecule has 0 bridgehead atoms. The van der Waals surface area contributed by atoms with Crippen molar-refractivity contribution in [2.45, 2.75) is 20.0 Å². The third kappa shape index (κ3) is 2.81. The first-order valence-corrected chi connectivity index (χ1v) is 6.26. The van der Waals surface area contributed by atoms with Crippen LogP contribution in [-0.2, 0) is 13.1 Å². The van der Waals surface area contributed by atoms with E-state index in [1.54, 1.807) is 0 Å². The lowest BCUT2D eigenvalue weighted by Crippen LogP contribution is -2.18. The summed E-state index contributed by atoms with van der Waals surface area (Å²) in [4.78, 5) is 6.46. The summed E-state index contributed by atoms with van der Waals surface area (Å²) in [6.07, 6.45) is 0. The number of nitrogens with two attached hydrogens (primary N) is 1. The maximum Gasteiger partial charge on any atom is 0.205 e. The van der Waals surface area contributed by atoms with Crippen LogP contribution in [0.2, 0.25) is 0 Å². The summed E-state index contributed by atoms with van der Waals surface area (Å²) in [5.41, 5.74) is 8.15. The van der Waals surface area contributed by atoms with Gasteiger partial charge in [-0.15, -0.1) is 0 Å². The molecule has 0 atom stereocenters. The fourth-order valence-electron chi connectivity index (χ4n) is 1.68. The van der Waals surface area contributed by atoms with E-state index in [-0.39, 0.29) is 0 Å². The Balaban J connectivity index is 2.15. The lowest BCUT2D eigenvalue weighted by Gasteiger charge is -2.17. The van der Waals surface area contributed by atoms with Gasteiger partial charge in [0.15, 0.2) is 0 Å². The molecule has 2 N–H and O–H groups in total. The molecule has 1 heterocycles. The third-order valence-electron chi connectivity index (χ3n) is 2.59. The van der Waals surface area contributed by atoms with E-state index in [0.29, 0.717) is 6.54 Å². The van der Waals surface area contributed by atoms with Crippen molar-refractivity contribution >= 4 is 16.7 Å². The van der Waals surface area contributed by atoms with Crippen molar-refractivity contribution in [2.24, 2.45) is 5.73 Å². The van der Waals surface area contributed by atoms with Gasteiger partial charge in [0, 0.05) is 31.7 Å². The topological polar surface area (TPSA) is 55.0 Å². The number of anilines is 1. The lowest BCUT2D eigenvalue weighted by atomic mass is 10.1. The van der Waals surface area contributed by atoms with Gasteiger partial charge < -0.3 is 10.6 Å². The summed E-state index contributed by atoms with van der Waals surface area (Å²) < 4.78 is 4.19. The minimum Gasteiger partial charge on any atom is -0.346 e. The molecule has 0 unspecified atom stereocenters. The molecule has 17 heavy (non-hydrogen) atoms. The van der Waals surface area contributed by atoms with Gasteiger partial charge >= 0.3 is 0 Å². The summed E-state index contributed by atoms with van der Waals surface area (Å²) in [7, 11) is 2.02. The zero-order valence-corrected chi connectivity index (χ0v) is 10.9. The molecule has 4 nitrogen and oxygen atoms in total. The molecular weight excluding hydrogens is 232 g/mol. The third-order valence-corrected chi connectivity index (χ3v) is 3.51. The molecule has 0 spiro atoms. The van der Waals surface area contributed by atoms with E-state index in [9.17, 15) is 0 Å². The van der Waals surface area contributed by atoms with Crippen molar-refractivity contribution in [2.75, 3.05) is 11.9 Å². The summed E-state index contributed by atoms with van der Waals surface area (Å²) in [5.74, 6) is 0.823. The number of hydrogen-bond acceptors (Lipinski definition) is 5. The molecule has 90 valence electrons. The molecule has 0 aliphatic rings. The molecule has 0 saturated heterocycles. The second-order valence-electron chi connectivity index (χ2n) is 3.95. The first-order valence-electron chi connectivity index (χ1n) is 5.49. The molecule has 0 aliphatic heterocycles. The summed E-state index contributed by atoms with van der Waals surface area (Å²) in [6, 6.07) is 8.22. The first kappa shape index (κ1) is 12.0. The Hall–Kier alpha value is -1.46. The average Bonchev–Trinajstić information content (AvgIpc) is 2.77. The Labute approximate surface area is 105 Å².